The van der Waals surface area contributed by atoms with E-state index in [0.29, 0.717) is 6.54 Å². The molecule has 1 N–H and O–H groups in total. The van der Waals surface area contributed by atoms with Crippen LogP contribution in [0.1, 0.15) is 31.9 Å². The summed E-state index contributed by atoms with van der Waals surface area (Å²) in [5.74, 6) is -0.227. The highest BCUT2D eigenvalue weighted by Crippen LogP contribution is 2.29. The van der Waals surface area contributed by atoms with Gasteiger partial charge >= 0.3 is 0 Å². The van der Waals surface area contributed by atoms with Crippen LogP contribution in [-0.4, -0.2) is 12.5 Å². The van der Waals surface area contributed by atoms with Gasteiger partial charge in [-0.3, -0.25) is 4.79 Å². The lowest BCUT2D eigenvalue weighted by atomic mass is 9.95. The fraction of sp³-hybridized carbons (Fsp3) is 0.235. The molecule has 4 heteroatoms. The quantitative estimate of drug-likeness (QED) is 0.841. The topological polar surface area (TPSA) is 29.1 Å². The molecule has 0 aliphatic carbocycles. The summed E-state index contributed by atoms with van der Waals surface area (Å²) >= 11 is 3.66. The summed E-state index contributed by atoms with van der Waals surface area (Å²) in [4.78, 5) is 12.0. The van der Waals surface area contributed by atoms with Crippen molar-refractivity contribution in [1.82, 2.24) is 5.32 Å². The number of halogens is 2. The first-order valence-electron chi connectivity index (χ1n) is 6.93. The fourth-order valence-electron chi connectivity index (χ4n) is 2.57. The summed E-state index contributed by atoms with van der Waals surface area (Å²) in [7, 11) is 0. The molecule has 0 radical (unpaired) electrons. The van der Waals surface area contributed by atoms with E-state index in [9.17, 15) is 9.18 Å². The predicted octanol–water partition coefficient (Wildman–Crippen LogP) is 3.79. The Morgan fingerprint density at radius 3 is 2.71 bits per heavy atom. The van der Waals surface area contributed by atoms with E-state index in [2.05, 4.69) is 27.3 Å². The van der Waals surface area contributed by atoms with Crippen LogP contribution in [0.5, 0.6) is 0 Å². The average molecular weight is 348 g/mol. The van der Waals surface area contributed by atoms with Crippen molar-refractivity contribution in [2.45, 2.75) is 17.7 Å². The molecule has 0 bridgehead atoms. The van der Waals surface area contributed by atoms with Crippen LogP contribution >= 0.6 is 15.9 Å². The van der Waals surface area contributed by atoms with Crippen LogP contribution in [0.3, 0.4) is 0 Å². The molecule has 1 aliphatic rings. The Morgan fingerprint density at radius 1 is 1.19 bits per heavy atom. The molecule has 0 saturated carbocycles. The summed E-state index contributed by atoms with van der Waals surface area (Å²) in [5.41, 5.74) is 3.99. The first-order chi connectivity index (χ1) is 10.1. The molecule has 0 spiro atoms. The zero-order chi connectivity index (χ0) is 14.8. The highest BCUT2D eigenvalue weighted by molar-refractivity contribution is 9.09. The largest absolute Gasteiger partial charge is 0.352 e. The van der Waals surface area contributed by atoms with E-state index in [0.717, 1.165) is 35.1 Å². The molecule has 1 amide bonds. The van der Waals surface area contributed by atoms with Crippen LogP contribution in [0.15, 0.2) is 42.5 Å². The number of hydrogen-bond acceptors (Lipinski definition) is 1. The van der Waals surface area contributed by atoms with Gasteiger partial charge in [-0.25, -0.2) is 4.39 Å². The van der Waals surface area contributed by atoms with Crippen molar-refractivity contribution in [3.05, 3.63) is 70.5 Å². The minimum Gasteiger partial charge on any atom is -0.352 e. The van der Waals surface area contributed by atoms with Gasteiger partial charge in [0.2, 0.25) is 0 Å². The Balaban J connectivity index is 1.81. The van der Waals surface area contributed by atoms with Gasteiger partial charge in [0, 0.05) is 16.9 Å². The van der Waals surface area contributed by atoms with E-state index < -0.39 is 0 Å². The Kier molecular flexibility index (Phi) is 4.06. The summed E-state index contributed by atoms with van der Waals surface area (Å²) in [6.45, 7) is 0.707. The van der Waals surface area contributed by atoms with E-state index in [1.54, 1.807) is 12.1 Å². The van der Waals surface area contributed by atoms with Gasteiger partial charge < -0.3 is 5.32 Å². The van der Waals surface area contributed by atoms with E-state index >= 15 is 0 Å². The van der Waals surface area contributed by atoms with Crippen LogP contribution in [0.2, 0.25) is 0 Å². The number of hydrogen-bond donors (Lipinski definition) is 1. The summed E-state index contributed by atoms with van der Waals surface area (Å²) in [6, 6.07) is 12.5. The highest BCUT2D eigenvalue weighted by Gasteiger charge is 2.18. The zero-order valence-electron chi connectivity index (χ0n) is 11.4. The number of fused-ring (bicyclic) bond motifs is 1. The first-order valence-corrected chi connectivity index (χ1v) is 7.84. The van der Waals surface area contributed by atoms with Crippen LogP contribution in [0.25, 0.3) is 0 Å². The number of nitrogens with one attached hydrogen (secondary N) is 1. The number of rotatable bonds is 3. The number of carbonyl (C=O) groups is 1. The second-order valence-corrected chi connectivity index (χ2v) is 6.33. The number of amides is 1. The third-order valence-corrected chi connectivity index (χ3v) is 4.60. The molecule has 1 heterocycles. The molecule has 1 atom stereocenters. The average Bonchev–Trinajstić information content (AvgIpc) is 2.50. The van der Waals surface area contributed by atoms with Crippen molar-refractivity contribution in [3.63, 3.8) is 0 Å². The molecule has 0 fully saturated rings. The molecular weight excluding hydrogens is 333 g/mol. The molecule has 0 aromatic heterocycles. The van der Waals surface area contributed by atoms with Crippen molar-refractivity contribution < 1.29 is 9.18 Å². The van der Waals surface area contributed by atoms with E-state index in [-0.39, 0.29) is 16.6 Å². The van der Waals surface area contributed by atoms with Crippen molar-refractivity contribution >= 4 is 21.8 Å². The van der Waals surface area contributed by atoms with Crippen LogP contribution in [-0.2, 0) is 12.8 Å². The van der Waals surface area contributed by atoms with E-state index in [1.807, 2.05) is 12.1 Å². The maximum atomic E-state index is 12.9. The van der Waals surface area contributed by atoms with Gasteiger partial charge in [0.1, 0.15) is 5.82 Å². The second kappa shape index (κ2) is 5.98. The number of carbonyl (C=O) groups excluding carboxylic acids is 1. The van der Waals surface area contributed by atoms with Crippen molar-refractivity contribution in [2.75, 3.05) is 6.54 Å². The van der Waals surface area contributed by atoms with Gasteiger partial charge in [-0.2, -0.15) is 0 Å². The molecular formula is C17H15BrFNO. The fourth-order valence-corrected chi connectivity index (χ4v) is 3.23. The summed E-state index contributed by atoms with van der Waals surface area (Å²) in [6.07, 6.45) is 1.63. The number of benzene rings is 2. The predicted molar refractivity (Wildman–Crippen MR) is 84.3 cm³/mol. The third kappa shape index (κ3) is 3.16. The zero-order valence-corrected chi connectivity index (χ0v) is 13.0. The van der Waals surface area contributed by atoms with E-state index in [1.165, 1.54) is 12.1 Å². The monoisotopic (exact) mass is 347 g/mol. The van der Waals surface area contributed by atoms with Gasteiger partial charge in [0.15, 0.2) is 0 Å². The molecule has 21 heavy (non-hydrogen) atoms. The molecule has 2 aromatic rings. The molecule has 0 saturated heterocycles. The Bertz CT molecular complexity index is 669. The molecule has 3 rings (SSSR count). The van der Waals surface area contributed by atoms with Crippen molar-refractivity contribution in [2.24, 2.45) is 0 Å². The molecule has 2 nitrogen and oxygen atoms in total. The SMILES string of the molecule is O=C1NCCc2ccc(C(Br)Cc3ccc(F)cc3)cc21. The second-order valence-electron chi connectivity index (χ2n) is 5.22. The van der Waals surface area contributed by atoms with Crippen LogP contribution < -0.4 is 5.32 Å². The van der Waals surface area contributed by atoms with Gasteiger partial charge in [-0.1, -0.05) is 40.2 Å². The van der Waals surface area contributed by atoms with Crippen LogP contribution in [0.4, 0.5) is 4.39 Å². The van der Waals surface area contributed by atoms with Gasteiger partial charge in [0.05, 0.1) is 0 Å². The van der Waals surface area contributed by atoms with Gasteiger partial charge in [0.25, 0.3) is 5.91 Å². The normalized spacial score (nSPS) is 15.2. The molecule has 1 aliphatic heterocycles. The van der Waals surface area contributed by atoms with Crippen LogP contribution in [0, 0.1) is 5.82 Å². The standard InChI is InChI=1S/C17H15BrFNO/c18-16(9-11-1-5-14(19)6-2-11)13-4-3-12-7-8-20-17(21)15(12)10-13/h1-6,10,16H,7-9H2,(H,20,21). The maximum Gasteiger partial charge on any atom is 0.251 e. The first kappa shape index (κ1) is 14.3. The molecule has 1 unspecified atom stereocenters. The summed E-state index contributed by atoms with van der Waals surface area (Å²) < 4.78 is 12.9. The minimum absolute atomic E-state index is 0.000387. The van der Waals surface area contributed by atoms with Crippen molar-refractivity contribution in [3.8, 4) is 0 Å². The third-order valence-electron chi connectivity index (χ3n) is 3.75. The summed E-state index contributed by atoms with van der Waals surface area (Å²) in [5, 5.41) is 2.86. The Hall–Kier alpha value is -1.68. The molecule has 2 aromatic carbocycles. The van der Waals surface area contributed by atoms with Gasteiger partial charge in [-0.15, -0.1) is 0 Å². The lowest BCUT2D eigenvalue weighted by Crippen LogP contribution is -2.31. The lowest BCUT2D eigenvalue weighted by molar-refractivity contribution is 0.0946. The Morgan fingerprint density at radius 2 is 1.95 bits per heavy atom. The minimum atomic E-state index is -0.227. The van der Waals surface area contributed by atoms with Crippen molar-refractivity contribution in [1.29, 1.82) is 0 Å². The number of alkyl halides is 1. The van der Waals surface area contributed by atoms with E-state index in [4.69, 9.17) is 0 Å². The Labute approximate surface area is 131 Å². The highest BCUT2D eigenvalue weighted by atomic mass is 79.9. The molecule has 108 valence electrons. The smallest absolute Gasteiger partial charge is 0.251 e. The maximum absolute atomic E-state index is 12.9. The lowest BCUT2D eigenvalue weighted by Gasteiger charge is -2.19. The van der Waals surface area contributed by atoms with Gasteiger partial charge in [-0.05, 0) is 47.7 Å².